The van der Waals surface area contributed by atoms with Crippen molar-refractivity contribution in [2.45, 2.75) is 77.2 Å². The summed E-state index contributed by atoms with van der Waals surface area (Å²) in [7, 11) is 0. The zero-order valence-corrected chi connectivity index (χ0v) is 22.3. The topological polar surface area (TPSA) is 91.3 Å². The van der Waals surface area contributed by atoms with Crippen LogP contribution in [0.15, 0.2) is 61.1 Å². The Labute approximate surface area is 221 Å². The average molecular weight is 515 g/mol. The quantitative estimate of drug-likeness (QED) is 0.125. The smallest absolute Gasteiger partial charge is 0.335 e. The van der Waals surface area contributed by atoms with Gasteiger partial charge >= 0.3 is 11.9 Å². The monoisotopic (exact) mass is 514 g/mol. The standard InChI is InChI=1S/C30H42O7/c1-5-6-7-8-24-9-13-27(14-10-24)34-17-18-35-28-15-11-25(12-16-28)26(20-36-29(32)22(2)3)21-37-30(33)23(4)19-31/h11-12,15-18,24,26-27,31H,2,4-10,13-14,19-21H2,1,3H3/b18-17-. The minimum Gasteiger partial charge on any atom is -0.495 e. The molecule has 1 fully saturated rings. The number of unbranched alkanes of at least 4 members (excludes halogenated alkanes) is 2. The molecular formula is C30H42O7. The Morgan fingerprint density at radius 2 is 1.65 bits per heavy atom. The average Bonchev–Trinajstić information content (AvgIpc) is 2.91. The lowest BCUT2D eigenvalue weighted by Crippen LogP contribution is -2.21. The molecule has 2 rings (SSSR count). The van der Waals surface area contributed by atoms with Crippen LogP contribution in [0, 0.1) is 5.92 Å². The van der Waals surface area contributed by atoms with Crippen molar-refractivity contribution in [1.82, 2.24) is 0 Å². The predicted molar refractivity (Wildman–Crippen MR) is 143 cm³/mol. The molecule has 0 bridgehead atoms. The fourth-order valence-electron chi connectivity index (χ4n) is 4.19. The van der Waals surface area contributed by atoms with E-state index in [1.807, 2.05) is 12.1 Å². The third kappa shape index (κ3) is 11.3. The Morgan fingerprint density at radius 3 is 2.24 bits per heavy atom. The molecule has 1 saturated carbocycles. The van der Waals surface area contributed by atoms with Crippen molar-refractivity contribution in [2.75, 3.05) is 19.8 Å². The van der Waals surface area contributed by atoms with E-state index in [1.54, 1.807) is 25.3 Å². The molecule has 0 radical (unpaired) electrons. The summed E-state index contributed by atoms with van der Waals surface area (Å²) in [5.41, 5.74) is 1.03. The summed E-state index contributed by atoms with van der Waals surface area (Å²) in [6, 6.07) is 7.20. The molecule has 1 atom stereocenters. The third-order valence-electron chi connectivity index (χ3n) is 6.55. The molecule has 1 N–H and O–H groups in total. The lowest BCUT2D eigenvalue weighted by molar-refractivity contribution is -0.142. The van der Waals surface area contributed by atoms with E-state index in [2.05, 4.69) is 20.1 Å². The second-order valence-corrected chi connectivity index (χ2v) is 9.67. The molecule has 1 aliphatic carbocycles. The van der Waals surface area contributed by atoms with Gasteiger partial charge in [-0.2, -0.15) is 0 Å². The van der Waals surface area contributed by atoms with E-state index in [9.17, 15) is 9.59 Å². The summed E-state index contributed by atoms with van der Waals surface area (Å²) in [6.07, 6.45) is 13.3. The van der Waals surface area contributed by atoms with Crippen LogP contribution in [0.2, 0.25) is 0 Å². The van der Waals surface area contributed by atoms with Gasteiger partial charge in [0, 0.05) is 5.57 Å². The highest BCUT2D eigenvalue weighted by molar-refractivity contribution is 5.88. The van der Waals surface area contributed by atoms with Crippen LogP contribution in [-0.4, -0.2) is 43.0 Å². The number of aliphatic hydroxyl groups is 1. The van der Waals surface area contributed by atoms with Crippen molar-refractivity contribution >= 4 is 11.9 Å². The summed E-state index contributed by atoms with van der Waals surface area (Å²) in [6.45, 7) is 10.3. The van der Waals surface area contributed by atoms with E-state index in [0.29, 0.717) is 5.75 Å². The van der Waals surface area contributed by atoms with Gasteiger partial charge in [-0.3, -0.25) is 0 Å². The number of carbonyl (C=O) groups is 2. The number of ether oxygens (including phenoxy) is 4. The Kier molecular flexibility index (Phi) is 13.6. The number of hydrogen-bond acceptors (Lipinski definition) is 7. The van der Waals surface area contributed by atoms with Gasteiger partial charge in [0.25, 0.3) is 0 Å². The molecule has 0 aliphatic heterocycles. The second kappa shape index (κ2) is 16.6. The number of hydrogen-bond donors (Lipinski definition) is 1. The molecule has 1 aromatic rings. The second-order valence-electron chi connectivity index (χ2n) is 9.67. The van der Waals surface area contributed by atoms with Crippen LogP contribution in [0.1, 0.15) is 76.7 Å². The molecule has 0 saturated heterocycles. The summed E-state index contributed by atoms with van der Waals surface area (Å²) >= 11 is 0. The number of rotatable bonds is 16. The highest BCUT2D eigenvalue weighted by Gasteiger charge is 2.21. The Hall–Kier alpha value is -3.06. The van der Waals surface area contributed by atoms with Gasteiger partial charge in [-0.05, 0) is 56.2 Å². The molecule has 1 aliphatic rings. The van der Waals surface area contributed by atoms with Crippen LogP contribution in [0.5, 0.6) is 5.75 Å². The lowest BCUT2D eigenvalue weighted by atomic mass is 9.84. The maximum Gasteiger partial charge on any atom is 0.335 e. The largest absolute Gasteiger partial charge is 0.495 e. The van der Waals surface area contributed by atoms with E-state index >= 15 is 0 Å². The molecule has 1 aromatic carbocycles. The van der Waals surface area contributed by atoms with Crippen LogP contribution < -0.4 is 4.74 Å². The summed E-state index contributed by atoms with van der Waals surface area (Å²) < 4.78 is 22.0. The van der Waals surface area contributed by atoms with Crippen LogP contribution >= 0.6 is 0 Å². The molecule has 0 spiro atoms. The Bertz CT molecular complexity index is 895. The van der Waals surface area contributed by atoms with Crippen LogP contribution in [0.4, 0.5) is 0 Å². The molecule has 0 amide bonds. The van der Waals surface area contributed by atoms with Crippen molar-refractivity contribution in [3.8, 4) is 5.75 Å². The lowest BCUT2D eigenvalue weighted by Gasteiger charge is -2.27. The minimum atomic E-state index is -0.700. The number of benzene rings is 1. The van der Waals surface area contributed by atoms with Gasteiger partial charge in [-0.15, -0.1) is 0 Å². The van der Waals surface area contributed by atoms with Gasteiger partial charge in [0.2, 0.25) is 0 Å². The van der Waals surface area contributed by atoms with Crippen LogP contribution in [0.3, 0.4) is 0 Å². The van der Waals surface area contributed by atoms with Gasteiger partial charge in [-0.1, -0.05) is 57.9 Å². The van der Waals surface area contributed by atoms with Gasteiger partial charge in [-0.25, -0.2) is 9.59 Å². The number of esters is 2. The van der Waals surface area contributed by atoms with Gasteiger partial charge in [0.1, 0.15) is 31.5 Å². The zero-order chi connectivity index (χ0) is 27.0. The zero-order valence-electron chi connectivity index (χ0n) is 22.3. The first-order valence-electron chi connectivity index (χ1n) is 13.2. The molecule has 7 heteroatoms. The van der Waals surface area contributed by atoms with E-state index < -0.39 is 24.5 Å². The van der Waals surface area contributed by atoms with Crippen molar-refractivity contribution in [2.24, 2.45) is 5.92 Å². The summed E-state index contributed by atoms with van der Waals surface area (Å²) in [5, 5.41) is 9.06. The fraction of sp³-hybridized carbons (Fsp3) is 0.533. The SMILES string of the molecule is C=C(C)C(=O)OCC(COC(=O)C(=C)CO)c1ccc(O/C=C\OC2CCC(CCCCC)CC2)cc1. The van der Waals surface area contributed by atoms with Crippen LogP contribution in [-0.2, 0) is 23.8 Å². The number of carbonyl (C=O) groups excluding carboxylic acids is 2. The first-order chi connectivity index (χ1) is 17.8. The van der Waals surface area contributed by atoms with Gasteiger partial charge in [0.05, 0.1) is 24.2 Å². The minimum absolute atomic E-state index is 0.000624. The highest BCUT2D eigenvalue weighted by Crippen LogP contribution is 2.30. The van der Waals surface area contributed by atoms with Crippen molar-refractivity contribution in [3.63, 3.8) is 0 Å². The fourth-order valence-corrected chi connectivity index (χ4v) is 4.19. The van der Waals surface area contributed by atoms with Crippen molar-refractivity contribution < 1.29 is 33.6 Å². The molecular weight excluding hydrogens is 472 g/mol. The number of aliphatic hydroxyl groups excluding tert-OH is 1. The normalized spacial score (nSPS) is 18.1. The first-order valence-corrected chi connectivity index (χ1v) is 13.2. The molecule has 37 heavy (non-hydrogen) atoms. The highest BCUT2D eigenvalue weighted by atomic mass is 16.5. The van der Waals surface area contributed by atoms with Crippen LogP contribution in [0.25, 0.3) is 0 Å². The molecule has 7 nitrogen and oxygen atoms in total. The summed E-state index contributed by atoms with van der Waals surface area (Å²) in [5.74, 6) is -0.175. The van der Waals surface area contributed by atoms with Gasteiger partial charge < -0.3 is 24.1 Å². The van der Waals surface area contributed by atoms with E-state index in [0.717, 1.165) is 24.3 Å². The van der Waals surface area contributed by atoms with Gasteiger partial charge in [0.15, 0.2) is 0 Å². The third-order valence-corrected chi connectivity index (χ3v) is 6.55. The molecule has 1 unspecified atom stereocenters. The van der Waals surface area contributed by atoms with Crippen molar-refractivity contribution in [3.05, 3.63) is 66.7 Å². The maximum absolute atomic E-state index is 11.9. The Balaban J connectivity index is 1.84. The van der Waals surface area contributed by atoms with Crippen molar-refractivity contribution in [1.29, 1.82) is 0 Å². The molecule has 204 valence electrons. The molecule has 0 heterocycles. The maximum atomic E-state index is 11.9. The Morgan fingerprint density at radius 1 is 1.00 bits per heavy atom. The van der Waals surface area contributed by atoms with E-state index in [4.69, 9.17) is 24.1 Å². The van der Waals surface area contributed by atoms with E-state index in [-0.39, 0.29) is 30.5 Å². The first kappa shape index (κ1) is 30.2. The molecule has 0 aromatic heterocycles. The predicted octanol–water partition coefficient (Wildman–Crippen LogP) is 5.99. The summed E-state index contributed by atoms with van der Waals surface area (Å²) in [4.78, 5) is 23.7. The van der Waals surface area contributed by atoms with E-state index in [1.165, 1.54) is 44.8 Å².